The van der Waals surface area contributed by atoms with Gasteiger partial charge < -0.3 is 14.4 Å². The van der Waals surface area contributed by atoms with Crippen molar-refractivity contribution in [3.8, 4) is 0 Å². The molecule has 5 nitrogen and oxygen atoms in total. The number of piperidine rings is 1. The van der Waals surface area contributed by atoms with Gasteiger partial charge in [-0.15, -0.1) is 0 Å². The number of methoxy groups -OCH3 is 2. The number of carbonyl (C=O) groups is 1. The molecule has 1 aromatic heterocycles. The van der Waals surface area contributed by atoms with E-state index in [1.807, 2.05) is 4.90 Å². The molecule has 1 atom stereocenters. The van der Waals surface area contributed by atoms with Gasteiger partial charge in [-0.25, -0.2) is 0 Å². The molecule has 2 fully saturated rings. The molecule has 2 saturated heterocycles. The Hall–Kier alpha value is -0.950. The van der Waals surface area contributed by atoms with Gasteiger partial charge in [0.15, 0.2) is 0 Å². The first kappa shape index (κ1) is 17.9. The molecule has 3 heterocycles. The first-order valence-corrected chi connectivity index (χ1v) is 9.63. The summed E-state index contributed by atoms with van der Waals surface area (Å²) in [6.07, 6.45) is 2.14. The van der Waals surface area contributed by atoms with E-state index in [9.17, 15) is 4.79 Å². The molecule has 0 N–H and O–H groups in total. The van der Waals surface area contributed by atoms with Crippen LogP contribution in [0.15, 0.2) is 16.8 Å². The van der Waals surface area contributed by atoms with Gasteiger partial charge in [0.25, 0.3) is 0 Å². The minimum absolute atomic E-state index is 0.00246. The standard InChI is InChI=1S/C18H28N2O3S/c1-22-9-8-20-14-18(16(12-23-2)17(20)21)4-6-19(7-5-18)11-15-3-10-24-13-15/h3,10,13,16H,4-9,11-12,14H2,1-2H3. The van der Waals surface area contributed by atoms with Crippen LogP contribution < -0.4 is 0 Å². The Bertz CT molecular complexity index is 526. The van der Waals surface area contributed by atoms with Crippen molar-refractivity contribution >= 4 is 17.2 Å². The van der Waals surface area contributed by atoms with Crippen LogP contribution in [0.25, 0.3) is 0 Å². The van der Waals surface area contributed by atoms with Gasteiger partial charge in [-0.05, 0) is 48.3 Å². The van der Waals surface area contributed by atoms with Crippen molar-refractivity contribution < 1.29 is 14.3 Å². The summed E-state index contributed by atoms with van der Waals surface area (Å²) in [5, 5.41) is 4.36. The SMILES string of the molecule is COCCN1CC2(CCN(Cc3ccsc3)CC2)C(COC)C1=O. The van der Waals surface area contributed by atoms with E-state index in [4.69, 9.17) is 9.47 Å². The van der Waals surface area contributed by atoms with Gasteiger partial charge in [0.2, 0.25) is 5.91 Å². The number of hydrogen-bond acceptors (Lipinski definition) is 5. The number of hydrogen-bond donors (Lipinski definition) is 0. The molecule has 2 aliphatic rings. The van der Waals surface area contributed by atoms with Crippen LogP contribution in [0.3, 0.4) is 0 Å². The van der Waals surface area contributed by atoms with Crippen molar-refractivity contribution in [2.45, 2.75) is 19.4 Å². The lowest BCUT2D eigenvalue weighted by Crippen LogP contribution is -2.45. The molecule has 1 aromatic rings. The number of likely N-dealkylation sites (tertiary alicyclic amines) is 2. The first-order valence-electron chi connectivity index (χ1n) is 8.68. The highest BCUT2D eigenvalue weighted by Crippen LogP contribution is 2.45. The van der Waals surface area contributed by atoms with Crippen molar-refractivity contribution in [2.24, 2.45) is 11.3 Å². The minimum atomic E-state index is 0.00246. The fourth-order valence-corrected chi connectivity index (χ4v) is 4.82. The Kier molecular flexibility index (Phi) is 5.92. The molecular weight excluding hydrogens is 324 g/mol. The molecule has 0 saturated carbocycles. The highest BCUT2D eigenvalue weighted by molar-refractivity contribution is 7.07. The zero-order valence-electron chi connectivity index (χ0n) is 14.7. The van der Waals surface area contributed by atoms with Crippen LogP contribution in [0.2, 0.25) is 0 Å². The minimum Gasteiger partial charge on any atom is -0.384 e. The summed E-state index contributed by atoms with van der Waals surface area (Å²) in [6.45, 7) is 5.82. The Balaban J connectivity index is 1.64. The van der Waals surface area contributed by atoms with Crippen molar-refractivity contribution in [3.63, 3.8) is 0 Å². The number of amides is 1. The largest absolute Gasteiger partial charge is 0.384 e. The highest BCUT2D eigenvalue weighted by atomic mass is 32.1. The van der Waals surface area contributed by atoms with Crippen LogP contribution in [0, 0.1) is 11.3 Å². The van der Waals surface area contributed by atoms with E-state index >= 15 is 0 Å². The first-order chi connectivity index (χ1) is 11.7. The maximum absolute atomic E-state index is 12.8. The second-order valence-electron chi connectivity index (χ2n) is 7.03. The smallest absolute Gasteiger partial charge is 0.228 e. The fourth-order valence-electron chi connectivity index (χ4n) is 4.16. The van der Waals surface area contributed by atoms with E-state index in [1.165, 1.54) is 5.56 Å². The van der Waals surface area contributed by atoms with Gasteiger partial charge >= 0.3 is 0 Å². The number of rotatable bonds is 7. The molecule has 0 bridgehead atoms. The molecular formula is C18H28N2O3S. The lowest BCUT2D eigenvalue weighted by molar-refractivity contribution is -0.134. The molecule has 1 amide bonds. The van der Waals surface area contributed by atoms with Gasteiger partial charge in [0.1, 0.15) is 0 Å². The van der Waals surface area contributed by atoms with Crippen molar-refractivity contribution in [1.82, 2.24) is 9.80 Å². The summed E-state index contributed by atoms with van der Waals surface area (Å²) < 4.78 is 10.6. The maximum atomic E-state index is 12.8. The average Bonchev–Trinajstić information content (AvgIpc) is 3.18. The molecule has 0 aromatic carbocycles. The molecule has 3 rings (SSSR count). The van der Waals surface area contributed by atoms with E-state index in [2.05, 4.69) is 21.7 Å². The molecule has 0 radical (unpaired) electrons. The third kappa shape index (κ3) is 3.67. The lowest BCUT2D eigenvalue weighted by Gasteiger charge is -2.41. The highest BCUT2D eigenvalue weighted by Gasteiger charge is 2.52. The van der Waals surface area contributed by atoms with E-state index in [1.54, 1.807) is 25.6 Å². The summed E-state index contributed by atoms with van der Waals surface area (Å²) in [5.41, 5.74) is 1.47. The summed E-state index contributed by atoms with van der Waals surface area (Å²) in [5.74, 6) is 0.253. The maximum Gasteiger partial charge on any atom is 0.228 e. The van der Waals surface area contributed by atoms with Gasteiger partial charge in [-0.1, -0.05) is 0 Å². The van der Waals surface area contributed by atoms with Crippen molar-refractivity contribution in [1.29, 1.82) is 0 Å². The van der Waals surface area contributed by atoms with Crippen LogP contribution in [-0.2, 0) is 20.8 Å². The Morgan fingerprint density at radius 1 is 1.29 bits per heavy atom. The van der Waals surface area contributed by atoms with Crippen LogP contribution in [0.1, 0.15) is 18.4 Å². The van der Waals surface area contributed by atoms with Gasteiger partial charge in [-0.3, -0.25) is 9.69 Å². The third-order valence-electron chi connectivity index (χ3n) is 5.59. The lowest BCUT2D eigenvalue weighted by atomic mass is 9.71. The average molecular weight is 353 g/mol. The summed E-state index contributed by atoms with van der Waals surface area (Å²) in [7, 11) is 3.39. The predicted molar refractivity (Wildman–Crippen MR) is 95.1 cm³/mol. The second kappa shape index (κ2) is 7.95. The second-order valence-corrected chi connectivity index (χ2v) is 7.81. The van der Waals surface area contributed by atoms with E-state index in [0.717, 1.165) is 39.0 Å². The van der Waals surface area contributed by atoms with E-state index in [-0.39, 0.29) is 17.2 Å². The molecule has 1 spiro atoms. The molecule has 0 aliphatic carbocycles. The molecule has 134 valence electrons. The van der Waals surface area contributed by atoms with Crippen LogP contribution in [0.5, 0.6) is 0 Å². The van der Waals surface area contributed by atoms with Gasteiger partial charge in [-0.2, -0.15) is 11.3 Å². The Morgan fingerprint density at radius 3 is 2.71 bits per heavy atom. The summed E-state index contributed by atoms with van der Waals surface area (Å²) >= 11 is 1.76. The zero-order valence-corrected chi connectivity index (χ0v) is 15.5. The molecule has 6 heteroatoms. The molecule has 2 aliphatic heterocycles. The Morgan fingerprint density at radius 2 is 2.08 bits per heavy atom. The van der Waals surface area contributed by atoms with Gasteiger partial charge in [0.05, 0.1) is 19.1 Å². The van der Waals surface area contributed by atoms with Crippen molar-refractivity contribution in [3.05, 3.63) is 22.4 Å². The predicted octanol–water partition coefficient (Wildman–Crippen LogP) is 2.08. The van der Waals surface area contributed by atoms with Crippen LogP contribution >= 0.6 is 11.3 Å². The van der Waals surface area contributed by atoms with Crippen LogP contribution in [0.4, 0.5) is 0 Å². The van der Waals surface area contributed by atoms with Gasteiger partial charge in [0, 0.05) is 39.3 Å². The third-order valence-corrected chi connectivity index (χ3v) is 6.32. The zero-order chi connectivity index (χ0) is 17.0. The Labute approximate surface area is 148 Å². The normalized spacial score (nSPS) is 24.2. The molecule has 1 unspecified atom stereocenters. The number of thiophene rings is 1. The molecule has 24 heavy (non-hydrogen) atoms. The summed E-state index contributed by atoms with van der Waals surface area (Å²) in [4.78, 5) is 17.3. The fraction of sp³-hybridized carbons (Fsp3) is 0.722. The monoisotopic (exact) mass is 352 g/mol. The quantitative estimate of drug-likeness (QED) is 0.753. The van der Waals surface area contributed by atoms with Crippen LogP contribution in [-0.4, -0.2) is 69.3 Å². The number of carbonyl (C=O) groups excluding carboxylic acids is 1. The number of ether oxygens (including phenoxy) is 2. The topological polar surface area (TPSA) is 42.0 Å². The van der Waals surface area contributed by atoms with E-state index in [0.29, 0.717) is 19.8 Å². The summed E-state index contributed by atoms with van der Waals surface area (Å²) in [6, 6.07) is 2.20. The number of nitrogens with zero attached hydrogens (tertiary/aromatic N) is 2. The van der Waals surface area contributed by atoms with E-state index < -0.39 is 0 Å². The van der Waals surface area contributed by atoms with Crippen molar-refractivity contribution in [2.75, 3.05) is 53.6 Å².